The average Bonchev–Trinajstić information content (AvgIpc) is 3.32. The van der Waals surface area contributed by atoms with Gasteiger partial charge in [0.2, 0.25) is 0 Å². The summed E-state index contributed by atoms with van der Waals surface area (Å²) in [5, 5.41) is 2.59. The number of aliphatic imine (C=N–C) groups is 1. The molecule has 0 saturated carbocycles. The van der Waals surface area contributed by atoms with Gasteiger partial charge in [0.1, 0.15) is 34.3 Å². The van der Waals surface area contributed by atoms with Crippen LogP contribution in [0, 0.1) is 18.6 Å². The van der Waals surface area contributed by atoms with E-state index in [1.165, 1.54) is 0 Å². The largest absolute Gasteiger partial charge is 0.444 e. The SMILES string of the molecule is Cc1ccn2c(C[C@H]3CN(C(=O)OC(C)(C)C)CCO3)c(-c3c(F)cc(C4=NC(C)(C)C(=O)N4)cc3F)nc2c1. The van der Waals surface area contributed by atoms with Crippen molar-refractivity contribution in [1.29, 1.82) is 0 Å². The minimum absolute atomic E-state index is 0.114. The van der Waals surface area contributed by atoms with Gasteiger partial charge >= 0.3 is 6.09 Å². The maximum absolute atomic E-state index is 15.7. The smallest absolute Gasteiger partial charge is 0.410 e. The fourth-order valence-corrected chi connectivity index (χ4v) is 4.83. The van der Waals surface area contributed by atoms with Crippen molar-refractivity contribution in [2.45, 2.75) is 65.2 Å². The predicted molar refractivity (Wildman–Crippen MR) is 145 cm³/mol. The number of amides is 2. The summed E-state index contributed by atoms with van der Waals surface area (Å²) in [4.78, 5) is 35.3. The second kappa shape index (κ2) is 9.96. The lowest BCUT2D eigenvalue weighted by Gasteiger charge is -2.34. The molecule has 1 N–H and O–H groups in total. The first-order chi connectivity index (χ1) is 18.7. The maximum Gasteiger partial charge on any atom is 0.410 e. The minimum Gasteiger partial charge on any atom is -0.444 e. The highest BCUT2D eigenvalue weighted by Gasteiger charge is 2.36. The number of pyridine rings is 1. The number of halogens is 2. The Morgan fingerprint density at radius 3 is 2.55 bits per heavy atom. The lowest BCUT2D eigenvalue weighted by atomic mass is 10.0. The van der Waals surface area contributed by atoms with E-state index in [0.717, 1.165) is 17.7 Å². The first-order valence-corrected chi connectivity index (χ1v) is 13.2. The van der Waals surface area contributed by atoms with Crippen molar-refractivity contribution in [3.05, 3.63) is 58.9 Å². The minimum atomic E-state index is -1.03. The molecule has 1 atom stereocenters. The monoisotopic (exact) mass is 553 g/mol. The van der Waals surface area contributed by atoms with Crippen molar-refractivity contribution in [1.82, 2.24) is 19.6 Å². The van der Waals surface area contributed by atoms with Crippen LogP contribution in [0.2, 0.25) is 0 Å². The lowest BCUT2D eigenvalue weighted by Crippen LogP contribution is -2.48. The van der Waals surface area contributed by atoms with Gasteiger partial charge in [-0.2, -0.15) is 0 Å². The molecule has 1 aromatic carbocycles. The number of hydrogen-bond donors (Lipinski definition) is 1. The fraction of sp³-hybridized carbons (Fsp3) is 0.448. The molecule has 11 heteroatoms. The normalized spacial score (nSPS) is 19.1. The Morgan fingerprint density at radius 1 is 1.23 bits per heavy atom. The van der Waals surface area contributed by atoms with Crippen molar-refractivity contribution >= 4 is 23.5 Å². The zero-order valence-corrected chi connectivity index (χ0v) is 23.5. The van der Waals surface area contributed by atoms with Gasteiger partial charge in [-0.3, -0.25) is 9.79 Å². The molecule has 3 aromatic rings. The summed E-state index contributed by atoms with van der Waals surface area (Å²) in [6.07, 6.45) is 1.17. The summed E-state index contributed by atoms with van der Waals surface area (Å²) in [5.41, 5.74) is 0.331. The van der Waals surface area contributed by atoms with Crippen LogP contribution in [-0.2, 0) is 20.7 Å². The van der Waals surface area contributed by atoms with Crippen molar-refractivity contribution < 1.29 is 27.8 Å². The Hall–Kier alpha value is -3.86. The quantitative estimate of drug-likeness (QED) is 0.516. The van der Waals surface area contributed by atoms with Gasteiger partial charge in [0.05, 0.1) is 36.2 Å². The van der Waals surface area contributed by atoms with Crippen molar-refractivity contribution in [3.8, 4) is 11.3 Å². The molecule has 4 heterocycles. The van der Waals surface area contributed by atoms with Gasteiger partial charge < -0.3 is 24.1 Å². The Kier molecular flexibility index (Phi) is 6.89. The van der Waals surface area contributed by atoms with Crippen molar-refractivity contribution in [2.24, 2.45) is 4.99 Å². The molecule has 1 fully saturated rings. The van der Waals surface area contributed by atoms with Crippen LogP contribution in [0.15, 0.2) is 35.5 Å². The second-order valence-electron chi connectivity index (χ2n) is 11.8. The number of aromatic nitrogens is 2. The summed E-state index contributed by atoms with van der Waals surface area (Å²) in [6, 6.07) is 6.02. The molecular weight excluding hydrogens is 520 g/mol. The fourth-order valence-electron chi connectivity index (χ4n) is 4.83. The Bertz CT molecular complexity index is 1520. The molecular formula is C29H33F2N5O4. The van der Waals surface area contributed by atoms with E-state index in [2.05, 4.69) is 15.3 Å². The van der Waals surface area contributed by atoms with E-state index in [4.69, 9.17) is 9.47 Å². The van der Waals surface area contributed by atoms with Gasteiger partial charge in [-0.05, 0) is 71.4 Å². The molecule has 2 aliphatic rings. The summed E-state index contributed by atoms with van der Waals surface area (Å²) in [7, 11) is 0. The maximum atomic E-state index is 15.7. The summed E-state index contributed by atoms with van der Waals surface area (Å²) >= 11 is 0. The number of carbonyl (C=O) groups excluding carboxylic acids is 2. The number of carbonyl (C=O) groups is 2. The number of hydrogen-bond acceptors (Lipinski definition) is 6. The van der Waals surface area contributed by atoms with Crippen LogP contribution in [0.1, 0.15) is 51.4 Å². The molecule has 2 aliphatic heterocycles. The van der Waals surface area contributed by atoms with Gasteiger partial charge in [-0.1, -0.05) is 0 Å². The van der Waals surface area contributed by atoms with Crippen LogP contribution in [0.5, 0.6) is 0 Å². The van der Waals surface area contributed by atoms with Gasteiger partial charge in [-0.25, -0.2) is 18.6 Å². The molecule has 0 spiro atoms. The third-order valence-electron chi connectivity index (χ3n) is 6.82. The number of nitrogens with one attached hydrogen (secondary N) is 1. The summed E-state index contributed by atoms with van der Waals surface area (Å²) in [5.74, 6) is -1.91. The number of benzene rings is 1. The van der Waals surface area contributed by atoms with E-state index >= 15 is 8.78 Å². The third-order valence-corrected chi connectivity index (χ3v) is 6.82. The number of imidazole rings is 1. The first-order valence-electron chi connectivity index (χ1n) is 13.2. The van der Waals surface area contributed by atoms with Gasteiger partial charge in [-0.15, -0.1) is 0 Å². The molecule has 9 nitrogen and oxygen atoms in total. The number of fused-ring (bicyclic) bond motifs is 1. The van der Waals surface area contributed by atoms with Gasteiger partial charge in [0.15, 0.2) is 0 Å². The van der Waals surface area contributed by atoms with Crippen LogP contribution in [0.3, 0.4) is 0 Å². The molecule has 1 saturated heterocycles. The molecule has 5 rings (SSSR count). The van der Waals surface area contributed by atoms with E-state index < -0.39 is 35.0 Å². The molecule has 2 aromatic heterocycles. The van der Waals surface area contributed by atoms with Gasteiger partial charge in [0, 0.05) is 24.7 Å². The van der Waals surface area contributed by atoms with Gasteiger partial charge in [0.25, 0.3) is 5.91 Å². The predicted octanol–water partition coefficient (Wildman–Crippen LogP) is 4.42. The summed E-state index contributed by atoms with van der Waals surface area (Å²) < 4.78 is 44.6. The molecule has 0 aliphatic carbocycles. The van der Waals surface area contributed by atoms with Crippen LogP contribution in [0.4, 0.5) is 13.6 Å². The molecule has 0 unspecified atom stereocenters. The number of amidine groups is 1. The van der Waals surface area contributed by atoms with E-state index in [9.17, 15) is 9.59 Å². The lowest BCUT2D eigenvalue weighted by molar-refractivity contribution is -0.122. The number of ether oxygens (including phenoxy) is 2. The van der Waals surface area contributed by atoms with Crippen molar-refractivity contribution in [3.63, 3.8) is 0 Å². The molecule has 2 amide bonds. The molecule has 0 bridgehead atoms. The first kappa shape index (κ1) is 27.7. The molecule has 212 valence electrons. The number of rotatable bonds is 4. The zero-order valence-electron chi connectivity index (χ0n) is 23.5. The Balaban J connectivity index is 1.51. The highest BCUT2D eigenvalue weighted by Crippen LogP contribution is 2.33. The highest BCUT2D eigenvalue weighted by atomic mass is 19.1. The van der Waals surface area contributed by atoms with Crippen LogP contribution >= 0.6 is 0 Å². The number of morpholine rings is 1. The van der Waals surface area contributed by atoms with Crippen LogP contribution in [-0.4, -0.2) is 69.1 Å². The highest BCUT2D eigenvalue weighted by molar-refractivity contribution is 6.15. The van der Waals surface area contributed by atoms with E-state index in [1.807, 2.05) is 19.1 Å². The van der Waals surface area contributed by atoms with Crippen LogP contribution in [0.25, 0.3) is 16.9 Å². The van der Waals surface area contributed by atoms with E-state index in [-0.39, 0.29) is 41.5 Å². The Morgan fingerprint density at radius 2 is 1.93 bits per heavy atom. The van der Waals surface area contributed by atoms with E-state index in [0.29, 0.717) is 24.5 Å². The topological polar surface area (TPSA) is 97.5 Å². The second-order valence-corrected chi connectivity index (χ2v) is 11.8. The number of aryl methyl sites for hydroxylation is 1. The van der Waals surface area contributed by atoms with Crippen molar-refractivity contribution in [2.75, 3.05) is 19.7 Å². The average molecular weight is 554 g/mol. The van der Waals surface area contributed by atoms with E-state index in [1.54, 1.807) is 50.1 Å². The number of nitrogens with zero attached hydrogens (tertiary/aromatic N) is 4. The standard InChI is InChI=1S/C29H33F2N5O4/c1-16-7-8-36-21(14-18-15-35(9-10-39-18)27(38)40-28(2,3)4)24(32-22(36)11-16)23-19(30)12-17(13-20(23)31)25-33-26(37)29(5,6)34-25/h7-8,11-13,18H,9-10,14-15H2,1-6H3,(H,33,34,37)/t18-/m0/s1. The molecule has 0 radical (unpaired) electrons. The third kappa shape index (κ3) is 5.42. The zero-order chi connectivity index (χ0) is 29.0. The van der Waals surface area contributed by atoms with Crippen LogP contribution < -0.4 is 5.32 Å². The summed E-state index contributed by atoms with van der Waals surface area (Å²) in [6.45, 7) is 11.5. The Labute approximate surface area is 231 Å². The molecule has 40 heavy (non-hydrogen) atoms.